The number of nitriles is 2. The highest BCUT2D eigenvalue weighted by molar-refractivity contribution is 6.10. The normalized spacial score (nSPS) is 16.6. The molecule has 4 aromatic carbocycles. The summed E-state index contributed by atoms with van der Waals surface area (Å²) in [5.74, 6) is 0.569. The van der Waals surface area contributed by atoms with Crippen LogP contribution in [-0.2, 0) is 6.42 Å². The van der Waals surface area contributed by atoms with Crippen molar-refractivity contribution in [1.29, 1.82) is 10.5 Å². The van der Waals surface area contributed by atoms with Gasteiger partial charge < -0.3 is 13.6 Å². The number of hydrogen-bond donors (Lipinski definition) is 0. The van der Waals surface area contributed by atoms with E-state index < -0.39 is 0 Å². The van der Waals surface area contributed by atoms with Crippen LogP contribution in [0.1, 0.15) is 30.1 Å². The molecule has 0 fully saturated rings. The lowest BCUT2D eigenvalue weighted by molar-refractivity contribution is 0.381. The third-order valence-corrected chi connectivity index (χ3v) is 9.49. The summed E-state index contributed by atoms with van der Waals surface area (Å²) < 4.78 is 11.3. The summed E-state index contributed by atoms with van der Waals surface area (Å²) in [6, 6.07) is 36.6. The minimum Gasteiger partial charge on any atom is -0.456 e. The fourth-order valence-electron chi connectivity index (χ4n) is 7.46. The van der Waals surface area contributed by atoms with E-state index in [0.717, 1.165) is 66.7 Å². The Labute approximate surface area is 261 Å². The van der Waals surface area contributed by atoms with Crippen molar-refractivity contribution < 1.29 is 4.42 Å². The topological polar surface area (TPSA) is 70.6 Å². The zero-order chi connectivity index (χ0) is 30.7. The van der Waals surface area contributed by atoms with Crippen LogP contribution in [0.5, 0.6) is 0 Å². The lowest BCUT2D eigenvalue weighted by atomic mass is 9.85. The van der Waals surface area contributed by atoms with Crippen LogP contribution in [0.3, 0.4) is 0 Å². The van der Waals surface area contributed by atoms with Crippen molar-refractivity contribution in [2.24, 2.45) is 5.92 Å². The van der Waals surface area contributed by atoms with Crippen LogP contribution in [0.15, 0.2) is 120 Å². The smallest absolute Gasteiger partial charge is 0.140 e. The second-order valence-corrected chi connectivity index (χ2v) is 11.9. The van der Waals surface area contributed by atoms with Gasteiger partial charge in [-0.2, -0.15) is 10.5 Å². The molecule has 7 aromatic rings. The van der Waals surface area contributed by atoms with Crippen LogP contribution in [0, 0.1) is 35.5 Å². The standard InChI is InChI=1S/C40H30N4O/c1-3-10-36-39(40-25(2)29-11-6-9-16-38(29)45-40)32-22-28(43-33-14-7-4-12-30(33)31-13-5-8-15-34(31)43)19-20-35(32)44(36)37-21-26(23-41)17-18-27(37)24-42/h3-9,11-17,19-20,22,27,37H,1,10,18,21H2,2H3/t27?,37-/m0/s1. The van der Waals surface area contributed by atoms with Gasteiger partial charge in [0.1, 0.15) is 11.3 Å². The van der Waals surface area contributed by atoms with Gasteiger partial charge in [-0.15, -0.1) is 6.58 Å². The summed E-state index contributed by atoms with van der Waals surface area (Å²) in [6.45, 7) is 6.25. The highest BCUT2D eigenvalue weighted by atomic mass is 16.3. The van der Waals surface area contributed by atoms with E-state index in [1.165, 1.54) is 10.8 Å². The van der Waals surface area contributed by atoms with Gasteiger partial charge in [0, 0.05) is 68.0 Å². The molecular weight excluding hydrogens is 552 g/mol. The molecule has 45 heavy (non-hydrogen) atoms. The Hall–Kier alpha value is -5.78. The van der Waals surface area contributed by atoms with E-state index in [0.29, 0.717) is 19.3 Å². The van der Waals surface area contributed by atoms with Gasteiger partial charge in [0.05, 0.1) is 35.1 Å². The molecule has 0 spiro atoms. The number of hydrogen-bond acceptors (Lipinski definition) is 3. The van der Waals surface area contributed by atoms with Crippen LogP contribution >= 0.6 is 0 Å². The molecule has 0 aliphatic heterocycles. The van der Waals surface area contributed by atoms with Crippen molar-refractivity contribution in [2.75, 3.05) is 0 Å². The first kappa shape index (κ1) is 26.8. The predicted molar refractivity (Wildman–Crippen MR) is 181 cm³/mol. The van der Waals surface area contributed by atoms with Crippen molar-refractivity contribution in [3.8, 4) is 29.1 Å². The molecule has 8 rings (SSSR count). The number of furan rings is 1. The molecule has 3 heterocycles. The predicted octanol–water partition coefficient (Wildman–Crippen LogP) is 10.1. The third-order valence-electron chi connectivity index (χ3n) is 9.49. The van der Waals surface area contributed by atoms with Crippen molar-refractivity contribution in [2.45, 2.75) is 32.2 Å². The molecule has 0 N–H and O–H groups in total. The number of para-hydroxylation sites is 3. The summed E-state index contributed by atoms with van der Waals surface area (Å²) in [7, 11) is 0. The molecule has 1 aliphatic rings. The summed E-state index contributed by atoms with van der Waals surface area (Å²) in [5.41, 5.74) is 9.08. The largest absolute Gasteiger partial charge is 0.456 e. The molecule has 216 valence electrons. The highest BCUT2D eigenvalue weighted by Crippen LogP contribution is 2.46. The first-order chi connectivity index (χ1) is 22.1. The van der Waals surface area contributed by atoms with Gasteiger partial charge in [-0.3, -0.25) is 0 Å². The quantitative estimate of drug-likeness (QED) is 0.190. The number of nitrogens with zero attached hydrogens (tertiary/aromatic N) is 4. The molecule has 0 amide bonds. The van der Waals surface area contributed by atoms with E-state index >= 15 is 0 Å². The van der Waals surface area contributed by atoms with Crippen molar-refractivity contribution >= 4 is 43.7 Å². The van der Waals surface area contributed by atoms with Crippen LogP contribution in [0.25, 0.3) is 60.7 Å². The molecule has 2 atom stereocenters. The maximum Gasteiger partial charge on any atom is 0.140 e. The van der Waals surface area contributed by atoms with Crippen molar-refractivity contribution in [3.63, 3.8) is 0 Å². The molecule has 5 heteroatoms. The summed E-state index contributed by atoms with van der Waals surface area (Å²) in [6.07, 6.45) is 5.50. The van der Waals surface area contributed by atoms with E-state index in [1.54, 1.807) is 0 Å². The molecule has 1 unspecified atom stereocenters. The number of allylic oxidation sites excluding steroid dienone is 3. The average molecular weight is 583 g/mol. The average Bonchev–Trinajstić information content (AvgIpc) is 3.71. The first-order valence-corrected chi connectivity index (χ1v) is 15.4. The lowest BCUT2D eigenvalue weighted by Gasteiger charge is -2.29. The minimum atomic E-state index is -0.261. The maximum atomic E-state index is 10.3. The maximum absolute atomic E-state index is 10.3. The number of aromatic nitrogens is 2. The van der Waals surface area contributed by atoms with Gasteiger partial charge in [0.2, 0.25) is 0 Å². The minimum absolute atomic E-state index is 0.190. The van der Waals surface area contributed by atoms with Crippen molar-refractivity contribution in [1.82, 2.24) is 9.13 Å². The number of benzene rings is 4. The van der Waals surface area contributed by atoms with Gasteiger partial charge in [0.25, 0.3) is 0 Å². The van der Waals surface area contributed by atoms with Crippen LogP contribution in [0.4, 0.5) is 0 Å². The number of rotatable bonds is 5. The van der Waals surface area contributed by atoms with Crippen LogP contribution < -0.4 is 0 Å². The third kappa shape index (κ3) is 3.98. The van der Waals surface area contributed by atoms with Gasteiger partial charge in [-0.05, 0) is 49.7 Å². The number of fused-ring (bicyclic) bond motifs is 5. The second-order valence-electron chi connectivity index (χ2n) is 11.9. The van der Waals surface area contributed by atoms with Gasteiger partial charge >= 0.3 is 0 Å². The van der Waals surface area contributed by atoms with Crippen LogP contribution in [-0.4, -0.2) is 9.13 Å². The van der Waals surface area contributed by atoms with Crippen molar-refractivity contribution in [3.05, 3.63) is 127 Å². The first-order valence-electron chi connectivity index (χ1n) is 15.4. The summed E-state index contributed by atoms with van der Waals surface area (Å²) in [4.78, 5) is 0. The van der Waals surface area contributed by atoms with Gasteiger partial charge in [-0.25, -0.2) is 0 Å². The van der Waals surface area contributed by atoms with E-state index in [9.17, 15) is 10.5 Å². The fraction of sp³-hybridized carbons (Fsp3) is 0.150. The SMILES string of the molecule is C=CCc1c(-c2oc3ccccc3c2C)c2cc(-n3c4ccccc4c4ccccc43)ccc2n1[C@H]1CC(C#N)=CCC1C#N. The highest BCUT2D eigenvalue weighted by Gasteiger charge is 2.33. The Bertz CT molecular complexity index is 2380. The molecule has 5 nitrogen and oxygen atoms in total. The zero-order valence-electron chi connectivity index (χ0n) is 25.0. The Morgan fingerprint density at radius 1 is 0.867 bits per heavy atom. The van der Waals surface area contributed by atoms with E-state index in [-0.39, 0.29) is 12.0 Å². The molecule has 1 aliphatic carbocycles. The van der Waals surface area contributed by atoms with Gasteiger partial charge in [0.15, 0.2) is 0 Å². The number of aryl methyl sites for hydroxylation is 1. The monoisotopic (exact) mass is 582 g/mol. The Kier molecular flexibility index (Phi) is 6.22. The summed E-state index contributed by atoms with van der Waals surface area (Å²) >= 11 is 0. The Morgan fingerprint density at radius 2 is 1.56 bits per heavy atom. The summed E-state index contributed by atoms with van der Waals surface area (Å²) in [5, 5.41) is 24.7. The second kappa shape index (κ2) is 10.4. The Balaban J connectivity index is 1.48. The molecule has 0 bridgehead atoms. The fourth-order valence-corrected chi connectivity index (χ4v) is 7.46. The molecule has 0 radical (unpaired) electrons. The molecule has 0 saturated heterocycles. The van der Waals surface area contributed by atoms with E-state index in [4.69, 9.17) is 4.42 Å². The lowest BCUT2D eigenvalue weighted by Crippen LogP contribution is -2.23. The molecule has 0 saturated carbocycles. The molecular formula is C40H30N4O. The van der Waals surface area contributed by atoms with Crippen LogP contribution in [0.2, 0.25) is 0 Å². The molecule has 3 aromatic heterocycles. The Morgan fingerprint density at radius 3 is 2.22 bits per heavy atom. The van der Waals surface area contributed by atoms with E-state index in [2.05, 4.69) is 108 Å². The van der Waals surface area contributed by atoms with E-state index in [1.807, 2.05) is 30.4 Å². The zero-order valence-corrected chi connectivity index (χ0v) is 25.0. The van der Waals surface area contributed by atoms with Gasteiger partial charge in [-0.1, -0.05) is 66.7 Å².